The number of ketones is 1. The van der Waals surface area contributed by atoms with Gasteiger partial charge in [0, 0.05) is 6.61 Å². The molecule has 0 spiro atoms. The molecule has 0 saturated carbocycles. The molecule has 1 aliphatic rings. The van der Waals surface area contributed by atoms with Gasteiger partial charge in [-0.25, -0.2) is 0 Å². The highest BCUT2D eigenvalue weighted by Gasteiger charge is 2.56. The number of rotatable bonds is 5. The summed E-state index contributed by atoms with van der Waals surface area (Å²) in [4.78, 5) is 11.7. The van der Waals surface area contributed by atoms with Gasteiger partial charge in [0.15, 0.2) is 5.76 Å². The van der Waals surface area contributed by atoms with Crippen molar-refractivity contribution >= 4 is 5.78 Å². The molecule has 0 bridgehead atoms. The van der Waals surface area contributed by atoms with Crippen LogP contribution in [-0.2, 0) is 14.3 Å². The molecule has 0 N–H and O–H groups in total. The molecule has 0 aliphatic heterocycles. The molecule has 1 aliphatic carbocycles. The molecule has 0 heterocycles. The normalized spacial score (nSPS) is 24.5. The van der Waals surface area contributed by atoms with Crippen molar-refractivity contribution < 1.29 is 14.3 Å². The second-order valence-corrected chi connectivity index (χ2v) is 2.94. The van der Waals surface area contributed by atoms with E-state index < -0.39 is 11.4 Å². The van der Waals surface area contributed by atoms with Gasteiger partial charge < -0.3 is 9.47 Å². The molecule has 1 rings (SSSR count). The van der Waals surface area contributed by atoms with Crippen molar-refractivity contribution in [3.05, 3.63) is 24.0 Å². The SMILES string of the molecule is C=CC1=C(OCC)C(=O)C1(C#N)OCC. The zero-order valence-corrected chi connectivity index (χ0v) is 8.87. The monoisotopic (exact) mass is 207 g/mol. The van der Waals surface area contributed by atoms with Crippen LogP contribution in [0.4, 0.5) is 0 Å². The van der Waals surface area contributed by atoms with Crippen molar-refractivity contribution in [3.63, 3.8) is 0 Å². The Bertz CT molecular complexity index is 365. The standard InChI is InChI=1S/C11H13NO3/c1-4-8-9(14-5-2)10(13)11(8,7-12)15-6-3/h4H,1,5-6H2,2-3H3. The highest BCUT2D eigenvalue weighted by molar-refractivity contribution is 6.14. The summed E-state index contributed by atoms with van der Waals surface area (Å²) in [6, 6.07) is 1.87. The van der Waals surface area contributed by atoms with Gasteiger partial charge in [0.25, 0.3) is 0 Å². The average Bonchev–Trinajstić information content (AvgIpc) is 2.26. The van der Waals surface area contributed by atoms with E-state index in [1.54, 1.807) is 13.8 Å². The Balaban J connectivity index is 3.11. The van der Waals surface area contributed by atoms with Crippen LogP contribution < -0.4 is 0 Å². The molecule has 0 radical (unpaired) electrons. The Morgan fingerprint density at radius 3 is 2.60 bits per heavy atom. The van der Waals surface area contributed by atoms with E-state index in [-0.39, 0.29) is 12.4 Å². The summed E-state index contributed by atoms with van der Waals surface area (Å²) < 4.78 is 10.3. The summed E-state index contributed by atoms with van der Waals surface area (Å²) in [5, 5.41) is 8.99. The first-order valence-corrected chi connectivity index (χ1v) is 4.77. The Hall–Kier alpha value is -1.60. The first-order valence-electron chi connectivity index (χ1n) is 4.77. The highest BCUT2D eigenvalue weighted by Crippen LogP contribution is 2.39. The van der Waals surface area contributed by atoms with Crippen LogP contribution in [0.1, 0.15) is 13.8 Å². The minimum atomic E-state index is -1.49. The summed E-state index contributed by atoms with van der Waals surface area (Å²) >= 11 is 0. The van der Waals surface area contributed by atoms with Gasteiger partial charge in [0.2, 0.25) is 11.4 Å². The van der Waals surface area contributed by atoms with Gasteiger partial charge in [0.05, 0.1) is 12.2 Å². The van der Waals surface area contributed by atoms with Gasteiger partial charge >= 0.3 is 0 Å². The minimum absolute atomic E-state index is 0.197. The topological polar surface area (TPSA) is 59.3 Å². The van der Waals surface area contributed by atoms with Crippen LogP contribution in [0.25, 0.3) is 0 Å². The fraction of sp³-hybridized carbons (Fsp3) is 0.455. The van der Waals surface area contributed by atoms with E-state index in [0.717, 1.165) is 0 Å². The lowest BCUT2D eigenvalue weighted by Crippen LogP contribution is -2.52. The largest absolute Gasteiger partial charge is 0.490 e. The smallest absolute Gasteiger partial charge is 0.250 e. The van der Waals surface area contributed by atoms with E-state index in [1.807, 2.05) is 6.07 Å². The van der Waals surface area contributed by atoms with E-state index in [1.165, 1.54) is 6.08 Å². The fourth-order valence-corrected chi connectivity index (χ4v) is 1.53. The van der Waals surface area contributed by atoms with Crippen LogP contribution in [0.15, 0.2) is 24.0 Å². The van der Waals surface area contributed by atoms with Gasteiger partial charge in [-0.3, -0.25) is 4.79 Å². The predicted molar refractivity (Wildman–Crippen MR) is 53.8 cm³/mol. The highest BCUT2D eigenvalue weighted by atomic mass is 16.5. The molecule has 15 heavy (non-hydrogen) atoms. The number of hydrogen-bond acceptors (Lipinski definition) is 4. The summed E-state index contributed by atoms with van der Waals surface area (Å²) in [5.41, 5.74) is -1.06. The molecule has 4 heteroatoms. The lowest BCUT2D eigenvalue weighted by Gasteiger charge is -2.35. The molecule has 0 aromatic carbocycles. The molecule has 4 nitrogen and oxygen atoms in total. The lowest BCUT2D eigenvalue weighted by atomic mass is 9.77. The first kappa shape index (κ1) is 11.5. The Morgan fingerprint density at radius 1 is 1.53 bits per heavy atom. The van der Waals surface area contributed by atoms with E-state index in [4.69, 9.17) is 14.7 Å². The third-order valence-corrected chi connectivity index (χ3v) is 2.16. The number of nitrogens with zero attached hydrogens (tertiary/aromatic N) is 1. The molecule has 80 valence electrons. The predicted octanol–water partition coefficient (Wildman–Crippen LogP) is 1.34. The molecular weight excluding hydrogens is 194 g/mol. The maximum absolute atomic E-state index is 11.7. The second-order valence-electron chi connectivity index (χ2n) is 2.94. The number of Topliss-reactive ketones (excluding diaryl/α,β-unsaturated/α-hetero) is 1. The van der Waals surface area contributed by atoms with Crippen LogP contribution in [0.5, 0.6) is 0 Å². The van der Waals surface area contributed by atoms with E-state index >= 15 is 0 Å². The maximum atomic E-state index is 11.7. The molecule has 0 fully saturated rings. The summed E-state index contributed by atoms with van der Waals surface area (Å²) in [6.45, 7) is 7.72. The number of carbonyl (C=O) groups excluding carboxylic acids is 1. The summed E-state index contributed by atoms with van der Waals surface area (Å²) in [7, 11) is 0. The minimum Gasteiger partial charge on any atom is -0.490 e. The van der Waals surface area contributed by atoms with Crippen LogP contribution in [0, 0.1) is 11.3 Å². The van der Waals surface area contributed by atoms with Gasteiger partial charge in [-0.1, -0.05) is 12.7 Å². The van der Waals surface area contributed by atoms with Crippen molar-refractivity contribution in [2.75, 3.05) is 13.2 Å². The first-order chi connectivity index (χ1) is 7.17. The van der Waals surface area contributed by atoms with Crippen LogP contribution in [-0.4, -0.2) is 24.6 Å². The maximum Gasteiger partial charge on any atom is 0.250 e. The zero-order valence-electron chi connectivity index (χ0n) is 8.87. The van der Waals surface area contributed by atoms with Crippen molar-refractivity contribution in [2.24, 2.45) is 0 Å². The van der Waals surface area contributed by atoms with Crippen molar-refractivity contribution in [1.29, 1.82) is 5.26 Å². The molecular formula is C11H13NO3. The average molecular weight is 207 g/mol. The van der Waals surface area contributed by atoms with Gasteiger partial charge in [0.1, 0.15) is 6.07 Å². The second kappa shape index (κ2) is 4.28. The van der Waals surface area contributed by atoms with Crippen molar-refractivity contribution in [2.45, 2.75) is 19.4 Å². The third-order valence-electron chi connectivity index (χ3n) is 2.16. The van der Waals surface area contributed by atoms with Gasteiger partial charge in [-0.05, 0) is 13.8 Å². The summed E-state index contributed by atoms with van der Waals surface area (Å²) in [6.07, 6.45) is 1.44. The van der Waals surface area contributed by atoms with E-state index in [9.17, 15) is 4.79 Å². The van der Waals surface area contributed by atoms with Crippen LogP contribution in [0.3, 0.4) is 0 Å². The lowest BCUT2D eigenvalue weighted by molar-refractivity contribution is -0.138. The van der Waals surface area contributed by atoms with Gasteiger partial charge in [-0.2, -0.15) is 5.26 Å². The number of hydrogen-bond donors (Lipinski definition) is 0. The molecule has 0 amide bonds. The Kier molecular flexibility index (Phi) is 3.28. The number of nitriles is 1. The van der Waals surface area contributed by atoms with Crippen molar-refractivity contribution in [3.8, 4) is 6.07 Å². The quantitative estimate of drug-likeness (QED) is 0.682. The number of ether oxygens (including phenoxy) is 2. The Labute approximate surface area is 88.8 Å². The molecule has 0 saturated heterocycles. The Morgan fingerprint density at radius 2 is 2.20 bits per heavy atom. The molecule has 0 aromatic rings. The zero-order chi connectivity index (χ0) is 11.5. The fourth-order valence-electron chi connectivity index (χ4n) is 1.53. The van der Waals surface area contributed by atoms with Crippen LogP contribution in [0.2, 0.25) is 0 Å². The van der Waals surface area contributed by atoms with Crippen LogP contribution >= 0.6 is 0 Å². The third kappa shape index (κ3) is 1.45. The summed E-state index contributed by atoms with van der Waals surface area (Å²) in [5.74, 6) is -0.217. The molecule has 0 aromatic heterocycles. The van der Waals surface area contributed by atoms with Gasteiger partial charge in [-0.15, -0.1) is 0 Å². The van der Waals surface area contributed by atoms with E-state index in [0.29, 0.717) is 12.2 Å². The van der Waals surface area contributed by atoms with Crippen molar-refractivity contribution in [1.82, 2.24) is 0 Å². The van der Waals surface area contributed by atoms with E-state index in [2.05, 4.69) is 6.58 Å². The molecule has 1 unspecified atom stereocenters. The molecule has 1 atom stereocenters. The number of carbonyl (C=O) groups is 1.